The first kappa shape index (κ1) is 17.0. The van der Waals surface area contributed by atoms with Gasteiger partial charge in [-0.2, -0.15) is 0 Å². The number of rotatable bonds is 4. The fourth-order valence-electron chi connectivity index (χ4n) is 3.34. The van der Waals surface area contributed by atoms with Crippen molar-refractivity contribution in [1.29, 1.82) is 0 Å². The number of carbonyl (C=O) groups excluding carboxylic acids is 2. The molecule has 5 nitrogen and oxygen atoms in total. The molecule has 0 aliphatic carbocycles. The summed E-state index contributed by atoms with van der Waals surface area (Å²) in [6.45, 7) is 0. The number of benzene rings is 2. The summed E-state index contributed by atoms with van der Waals surface area (Å²) in [5, 5.41) is 5.92. The van der Waals surface area contributed by atoms with E-state index in [2.05, 4.69) is 15.6 Å². The molecule has 1 fully saturated rings. The molecule has 1 aromatic heterocycles. The van der Waals surface area contributed by atoms with Gasteiger partial charge in [0.2, 0.25) is 5.91 Å². The maximum absolute atomic E-state index is 12.9. The van der Waals surface area contributed by atoms with Crippen molar-refractivity contribution in [2.45, 2.75) is 18.9 Å². The highest BCUT2D eigenvalue weighted by atomic mass is 16.2. The number of hydrogen-bond acceptors (Lipinski definition) is 3. The molecule has 1 aliphatic heterocycles. The Kier molecular flexibility index (Phi) is 4.66. The molecular weight excluding hydrogens is 338 g/mol. The van der Waals surface area contributed by atoms with Gasteiger partial charge in [-0.05, 0) is 35.7 Å². The second-order valence-corrected chi connectivity index (χ2v) is 6.53. The van der Waals surface area contributed by atoms with E-state index in [0.29, 0.717) is 17.7 Å². The van der Waals surface area contributed by atoms with Gasteiger partial charge in [-0.1, -0.05) is 42.5 Å². The van der Waals surface area contributed by atoms with Crippen molar-refractivity contribution in [3.8, 4) is 11.1 Å². The predicted molar refractivity (Wildman–Crippen MR) is 104 cm³/mol. The zero-order chi connectivity index (χ0) is 18.6. The quantitative estimate of drug-likeness (QED) is 0.743. The number of anilines is 1. The minimum absolute atomic E-state index is 0.00940. The van der Waals surface area contributed by atoms with Crippen molar-refractivity contribution in [3.05, 3.63) is 84.2 Å². The van der Waals surface area contributed by atoms with Gasteiger partial charge in [0.05, 0.1) is 11.6 Å². The van der Waals surface area contributed by atoms with E-state index in [-0.39, 0.29) is 17.9 Å². The Morgan fingerprint density at radius 1 is 1.07 bits per heavy atom. The second kappa shape index (κ2) is 7.41. The molecule has 0 spiro atoms. The summed E-state index contributed by atoms with van der Waals surface area (Å²) >= 11 is 0. The van der Waals surface area contributed by atoms with Gasteiger partial charge in [0.1, 0.15) is 0 Å². The van der Waals surface area contributed by atoms with Crippen LogP contribution in [0, 0.1) is 0 Å². The fourth-order valence-corrected chi connectivity index (χ4v) is 3.34. The Balaban J connectivity index is 1.58. The average molecular weight is 357 g/mol. The van der Waals surface area contributed by atoms with E-state index in [1.165, 1.54) is 0 Å². The first-order chi connectivity index (χ1) is 13.2. The van der Waals surface area contributed by atoms with E-state index in [4.69, 9.17) is 0 Å². The summed E-state index contributed by atoms with van der Waals surface area (Å²) in [5.41, 5.74) is 4.00. The lowest BCUT2D eigenvalue weighted by molar-refractivity contribution is -0.119. The van der Waals surface area contributed by atoms with Crippen LogP contribution in [0.15, 0.2) is 73.1 Å². The van der Waals surface area contributed by atoms with Gasteiger partial charge in [0, 0.05) is 30.1 Å². The van der Waals surface area contributed by atoms with Crippen LogP contribution in [0.1, 0.15) is 34.8 Å². The minimum atomic E-state index is -0.191. The summed E-state index contributed by atoms with van der Waals surface area (Å²) in [6, 6.07) is 19.1. The van der Waals surface area contributed by atoms with Gasteiger partial charge in [0.15, 0.2) is 0 Å². The summed E-state index contributed by atoms with van der Waals surface area (Å²) < 4.78 is 0. The highest BCUT2D eigenvalue weighted by molar-refractivity contribution is 6.08. The monoisotopic (exact) mass is 357 g/mol. The van der Waals surface area contributed by atoms with Crippen LogP contribution in [-0.2, 0) is 4.79 Å². The van der Waals surface area contributed by atoms with E-state index >= 15 is 0 Å². The van der Waals surface area contributed by atoms with E-state index in [0.717, 1.165) is 23.1 Å². The summed E-state index contributed by atoms with van der Waals surface area (Å²) in [5.74, 6) is -0.123. The summed E-state index contributed by atoms with van der Waals surface area (Å²) in [7, 11) is 0. The van der Waals surface area contributed by atoms with E-state index in [1.54, 1.807) is 18.5 Å². The second-order valence-electron chi connectivity index (χ2n) is 6.53. The van der Waals surface area contributed by atoms with Gasteiger partial charge in [-0.25, -0.2) is 0 Å². The molecular formula is C22H19N3O2. The Labute approximate surface area is 157 Å². The van der Waals surface area contributed by atoms with Crippen LogP contribution < -0.4 is 10.6 Å². The zero-order valence-electron chi connectivity index (χ0n) is 14.7. The summed E-state index contributed by atoms with van der Waals surface area (Å²) in [6.07, 6.45) is 4.64. The van der Waals surface area contributed by atoms with Gasteiger partial charge < -0.3 is 10.6 Å². The molecule has 0 radical (unpaired) electrons. The fraction of sp³-hybridized carbons (Fsp3) is 0.136. The summed E-state index contributed by atoms with van der Waals surface area (Å²) in [4.78, 5) is 28.5. The lowest BCUT2D eigenvalue weighted by Gasteiger charge is -2.13. The SMILES string of the molecule is O=C1CCC(c2cccc(NC(=O)c3ccncc3-c3ccccc3)c2)N1. The molecule has 0 bridgehead atoms. The minimum Gasteiger partial charge on any atom is -0.349 e. The van der Waals surface area contributed by atoms with Crippen molar-refractivity contribution >= 4 is 17.5 Å². The smallest absolute Gasteiger partial charge is 0.256 e. The number of pyridine rings is 1. The highest BCUT2D eigenvalue weighted by Gasteiger charge is 2.22. The molecule has 4 rings (SSSR count). The van der Waals surface area contributed by atoms with Crippen LogP contribution in [0.2, 0.25) is 0 Å². The van der Waals surface area contributed by atoms with Crippen LogP contribution in [-0.4, -0.2) is 16.8 Å². The first-order valence-corrected chi connectivity index (χ1v) is 8.91. The lowest BCUT2D eigenvalue weighted by atomic mass is 10.0. The number of hydrogen-bond donors (Lipinski definition) is 2. The predicted octanol–water partition coefficient (Wildman–Crippen LogP) is 3.95. The molecule has 2 aromatic carbocycles. The third-order valence-corrected chi connectivity index (χ3v) is 4.69. The third-order valence-electron chi connectivity index (χ3n) is 4.69. The van der Waals surface area contributed by atoms with Gasteiger partial charge >= 0.3 is 0 Å². The number of amides is 2. The van der Waals surface area contributed by atoms with Crippen molar-refractivity contribution in [3.63, 3.8) is 0 Å². The lowest BCUT2D eigenvalue weighted by Crippen LogP contribution is -2.18. The molecule has 0 saturated carbocycles. The average Bonchev–Trinajstić information content (AvgIpc) is 3.15. The normalized spacial score (nSPS) is 16.0. The molecule has 2 heterocycles. The number of aromatic nitrogens is 1. The molecule has 1 atom stereocenters. The number of nitrogens with zero attached hydrogens (tertiary/aromatic N) is 1. The van der Waals surface area contributed by atoms with E-state index < -0.39 is 0 Å². The topological polar surface area (TPSA) is 71.1 Å². The van der Waals surface area contributed by atoms with E-state index in [1.807, 2.05) is 54.6 Å². The van der Waals surface area contributed by atoms with Crippen molar-refractivity contribution in [2.75, 3.05) is 5.32 Å². The molecule has 27 heavy (non-hydrogen) atoms. The van der Waals surface area contributed by atoms with Crippen LogP contribution in [0.25, 0.3) is 11.1 Å². The van der Waals surface area contributed by atoms with Gasteiger partial charge in [-0.15, -0.1) is 0 Å². The molecule has 2 N–H and O–H groups in total. The van der Waals surface area contributed by atoms with Crippen molar-refractivity contribution in [1.82, 2.24) is 10.3 Å². The zero-order valence-corrected chi connectivity index (χ0v) is 14.7. The Bertz CT molecular complexity index is 986. The van der Waals surface area contributed by atoms with Gasteiger partial charge in [-0.3, -0.25) is 14.6 Å². The standard InChI is InChI=1S/C22H19N3O2/c26-21-10-9-20(25-21)16-7-4-8-17(13-16)24-22(27)18-11-12-23-14-19(18)15-5-2-1-3-6-15/h1-8,11-14,20H,9-10H2,(H,24,27)(H,25,26). The van der Waals surface area contributed by atoms with Crippen LogP contribution in [0.5, 0.6) is 0 Å². The molecule has 1 unspecified atom stereocenters. The Morgan fingerprint density at radius 2 is 1.93 bits per heavy atom. The molecule has 1 aliphatic rings. The highest BCUT2D eigenvalue weighted by Crippen LogP contribution is 2.27. The Hall–Kier alpha value is -3.47. The maximum Gasteiger partial charge on any atom is 0.256 e. The first-order valence-electron chi connectivity index (χ1n) is 8.91. The van der Waals surface area contributed by atoms with Crippen molar-refractivity contribution in [2.24, 2.45) is 0 Å². The maximum atomic E-state index is 12.9. The molecule has 2 amide bonds. The Morgan fingerprint density at radius 3 is 2.70 bits per heavy atom. The van der Waals surface area contributed by atoms with Crippen LogP contribution in [0.3, 0.4) is 0 Å². The molecule has 5 heteroatoms. The number of carbonyl (C=O) groups is 2. The van der Waals surface area contributed by atoms with Gasteiger partial charge in [0.25, 0.3) is 5.91 Å². The van der Waals surface area contributed by atoms with Crippen molar-refractivity contribution < 1.29 is 9.59 Å². The molecule has 1 saturated heterocycles. The number of nitrogens with one attached hydrogen (secondary N) is 2. The van der Waals surface area contributed by atoms with E-state index in [9.17, 15) is 9.59 Å². The molecule has 3 aromatic rings. The third kappa shape index (κ3) is 3.72. The molecule has 134 valence electrons. The van der Waals surface area contributed by atoms with Crippen LogP contribution in [0.4, 0.5) is 5.69 Å². The van der Waals surface area contributed by atoms with Crippen LogP contribution >= 0.6 is 0 Å². The largest absolute Gasteiger partial charge is 0.349 e.